The zero-order chi connectivity index (χ0) is 30.8. The van der Waals surface area contributed by atoms with E-state index >= 15 is 0 Å². The van der Waals surface area contributed by atoms with Gasteiger partial charge in [-0.2, -0.15) is 0 Å². The molecule has 0 aromatic heterocycles. The van der Waals surface area contributed by atoms with Gasteiger partial charge in [0.25, 0.3) is 5.24 Å². The van der Waals surface area contributed by atoms with Gasteiger partial charge in [0, 0.05) is 19.7 Å². The number of ether oxygens (including phenoxy) is 1. The Morgan fingerprint density at radius 2 is 1.62 bits per heavy atom. The fourth-order valence-corrected chi connectivity index (χ4v) is 5.35. The lowest BCUT2D eigenvalue weighted by Crippen LogP contribution is -2.24. The van der Waals surface area contributed by atoms with Crippen LogP contribution in [-0.2, 0) is 4.79 Å². The van der Waals surface area contributed by atoms with Gasteiger partial charge in [0.1, 0.15) is 0 Å². The van der Waals surface area contributed by atoms with E-state index in [1.54, 1.807) is 7.05 Å². The number of aldehydes is 1. The van der Waals surface area contributed by atoms with Crippen molar-refractivity contribution >= 4 is 46.4 Å². The molecule has 0 unspecified atom stereocenters. The lowest BCUT2D eigenvalue weighted by Gasteiger charge is -2.22. The first-order valence-corrected chi connectivity index (χ1v) is 14.0. The minimum atomic E-state index is -1.35. The molecule has 0 aliphatic heterocycles. The smallest absolute Gasteiger partial charge is 0.349 e. The van der Waals surface area contributed by atoms with Gasteiger partial charge in [0.2, 0.25) is 5.75 Å². The predicted molar refractivity (Wildman–Crippen MR) is 153 cm³/mol. The highest BCUT2D eigenvalue weighted by molar-refractivity contribution is 8.17. The van der Waals surface area contributed by atoms with E-state index < -0.39 is 49.1 Å². The van der Waals surface area contributed by atoms with Crippen molar-refractivity contribution in [2.24, 2.45) is 5.92 Å². The second-order valence-electron chi connectivity index (χ2n) is 9.83. The van der Waals surface area contributed by atoms with Gasteiger partial charge < -0.3 is 9.64 Å². The van der Waals surface area contributed by atoms with Gasteiger partial charge in [0.05, 0.1) is 31.8 Å². The minimum absolute atomic E-state index is 0.00550. The van der Waals surface area contributed by atoms with Crippen LogP contribution in [0.4, 0.5) is 26.2 Å². The van der Waals surface area contributed by atoms with Crippen molar-refractivity contribution in [3.8, 4) is 11.5 Å². The summed E-state index contributed by atoms with van der Waals surface area (Å²) in [5.41, 5.74) is -2.70. The van der Waals surface area contributed by atoms with Crippen molar-refractivity contribution in [1.82, 2.24) is 4.90 Å². The van der Waals surface area contributed by atoms with E-state index in [0.29, 0.717) is 30.7 Å². The van der Waals surface area contributed by atoms with E-state index in [4.69, 9.17) is 4.74 Å². The highest BCUT2D eigenvalue weighted by atomic mass is 32.2. The monoisotopic (exact) mass is 604 g/mol. The third-order valence-corrected chi connectivity index (χ3v) is 7.78. The topological polar surface area (TPSA) is 176 Å². The number of unbranched alkanes of at least 4 members (excludes halogenated alkanes) is 1. The van der Waals surface area contributed by atoms with Crippen LogP contribution in [-0.4, -0.2) is 44.8 Å². The molecule has 0 heterocycles. The summed E-state index contributed by atoms with van der Waals surface area (Å²) in [7, 11) is 1.64. The van der Waals surface area contributed by atoms with Gasteiger partial charge >= 0.3 is 17.1 Å². The van der Waals surface area contributed by atoms with Crippen molar-refractivity contribution < 1.29 is 33.5 Å². The van der Waals surface area contributed by atoms with Crippen LogP contribution in [0.25, 0.3) is 6.08 Å². The molecule has 0 atom stereocenters. The number of hydrogen-bond acceptors (Lipinski definition) is 10. The van der Waals surface area contributed by atoms with Crippen LogP contribution in [0, 0.1) is 42.1 Å². The van der Waals surface area contributed by atoms with Crippen LogP contribution in [0.2, 0.25) is 0 Å². The molecule has 2 aromatic carbocycles. The quantitative estimate of drug-likeness (QED) is 0.0735. The second kappa shape index (κ2) is 15.0. The minimum Gasteiger partial charge on any atom is -0.447 e. The van der Waals surface area contributed by atoms with Crippen LogP contribution in [0.3, 0.4) is 0 Å². The number of nitrogens with zero attached hydrogens (tertiary/aromatic N) is 4. The van der Waals surface area contributed by atoms with Crippen LogP contribution >= 0.6 is 11.8 Å². The molecule has 1 saturated carbocycles. The van der Waals surface area contributed by atoms with Crippen LogP contribution in [0.5, 0.6) is 11.5 Å². The van der Waals surface area contributed by atoms with E-state index in [1.807, 2.05) is 0 Å². The maximum Gasteiger partial charge on any atom is 0.349 e. The first kappa shape index (κ1) is 32.1. The molecule has 1 aliphatic carbocycles. The van der Waals surface area contributed by atoms with Crippen LogP contribution in [0.1, 0.15) is 56.9 Å². The molecule has 13 nitrogen and oxygen atoms in total. The standard InChI is InChI=1S/C27H29FN4O9S/c1-29(12-6-5-9-18-7-3-2-4-8-18)27(34)42-20(17-33)13-19-10-11-25(24(14-19)32(39)40)41-26-16-23(31(37)38)22(30(35)36)15-21(26)28/h10-11,13-18H,2-9,12H2,1H3/b20-13-. The number of rotatable bonds is 13. The van der Waals surface area contributed by atoms with Gasteiger partial charge in [-0.15, -0.1) is 0 Å². The Labute approximate surface area is 244 Å². The molecule has 1 aliphatic rings. The van der Waals surface area contributed by atoms with E-state index in [1.165, 1.54) is 49.1 Å². The van der Waals surface area contributed by atoms with Crippen molar-refractivity contribution in [2.45, 2.75) is 51.4 Å². The average molecular weight is 605 g/mol. The van der Waals surface area contributed by atoms with E-state index in [9.17, 15) is 44.3 Å². The number of halogens is 1. The lowest BCUT2D eigenvalue weighted by atomic mass is 9.86. The van der Waals surface area contributed by atoms with E-state index in [-0.39, 0.29) is 21.8 Å². The summed E-state index contributed by atoms with van der Waals surface area (Å²) >= 11 is 0.675. The number of nitro groups is 3. The summed E-state index contributed by atoms with van der Waals surface area (Å²) < 4.78 is 19.6. The molecule has 0 spiro atoms. The van der Waals surface area contributed by atoms with Crippen LogP contribution in [0.15, 0.2) is 35.2 Å². The molecule has 0 saturated heterocycles. The maximum atomic E-state index is 14.4. The third-order valence-electron chi connectivity index (χ3n) is 6.84. The summed E-state index contributed by atoms with van der Waals surface area (Å²) in [5.74, 6) is -1.94. The molecule has 0 radical (unpaired) electrons. The van der Waals surface area contributed by atoms with Crippen molar-refractivity contribution in [3.05, 3.63) is 77.0 Å². The molecule has 1 amide bonds. The fraction of sp³-hybridized carbons (Fsp3) is 0.407. The molecule has 15 heteroatoms. The molecule has 0 N–H and O–H groups in total. The zero-order valence-electron chi connectivity index (χ0n) is 22.7. The first-order chi connectivity index (χ1) is 20.0. The average Bonchev–Trinajstić information content (AvgIpc) is 2.96. The van der Waals surface area contributed by atoms with Crippen molar-refractivity contribution in [2.75, 3.05) is 13.6 Å². The van der Waals surface area contributed by atoms with Gasteiger partial charge in [-0.05, 0) is 41.8 Å². The number of carbonyl (C=O) groups is 2. The zero-order valence-corrected chi connectivity index (χ0v) is 23.5. The summed E-state index contributed by atoms with van der Waals surface area (Å²) in [5, 5.41) is 33.5. The molecule has 1 fully saturated rings. The number of nitro benzene ring substituents is 3. The molecular weight excluding hydrogens is 575 g/mol. The molecule has 42 heavy (non-hydrogen) atoms. The molecular formula is C27H29FN4O9S. The Balaban J connectivity index is 1.70. The lowest BCUT2D eigenvalue weighted by molar-refractivity contribution is -0.422. The van der Waals surface area contributed by atoms with E-state index in [2.05, 4.69) is 0 Å². The number of amides is 1. The van der Waals surface area contributed by atoms with Gasteiger partial charge in [0.15, 0.2) is 17.9 Å². The fourth-order valence-electron chi connectivity index (χ4n) is 4.65. The summed E-state index contributed by atoms with van der Waals surface area (Å²) in [6, 6.07) is 4.13. The van der Waals surface area contributed by atoms with Crippen LogP contribution < -0.4 is 4.74 Å². The Morgan fingerprint density at radius 1 is 0.976 bits per heavy atom. The Hall–Kier alpha value is -4.40. The third kappa shape index (κ3) is 8.80. The van der Waals surface area contributed by atoms with Gasteiger partial charge in [-0.1, -0.05) is 51.0 Å². The number of thioether (sulfide) groups is 1. The molecule has 0 bridgehead atoms. The van der Waals surface area contributed by atoms with Gasteiger partial charge in [-0.3, -0.25) is 39.9 Å². The van der Waals surface area contributed by atoms with Gasteiger partial charge in [-0.25, -0.2) is 4.39 Å². The number of carbonyl (C=O) groups excluding carboxylic acids is 2. The highest BCUT2D eigenvalue weighted by Crippen LogP contribution is 2.39. The SMILES string of the molecule is CN(CCCCC1CCCCC1)C(=O)S/C(C=O)=C\c1ccc(Oc2cc([N+](=O)[O-])c([N+](=O)[O-])cc2F)c([N+](=O)[O-])c1. The normalized spacial score (nSPS) is 13.8. The van der Waals surface area contributed by atoms with E-state index in [0.717, 1.165) is 37.3 Å². The Kier molecular flexibility index (Phi) is 11.5. The largest absolute Gasteiger partial charge is 0.447 e. The van der Waals surface area contributed by atoms with Crippen molar-refractivity contribution in [3.63, 3.8) is 0 Å². The predicted octanol–water partition coefficient (Wildman–Crippen LogP) is 7.42. The Morgan fingerprint density at radius 3 is 2.24 bits per heavy atom. The second-order valence-corrected chi connectivity index (χ2v) is 10.9. The summed E-state index contributed by atoms with van der Waals surface area (Å²) in [6.07, 6.45) is 11.1. The first-order valence-electron chi connectivity index (χ1n) is 13.2. The summed E-state index contributed by atoms with van der Waals surface area (Å²) in [6.45, 7) is 0.527. The van der Waals surface area contributed by atoms with Crippen molar-refractivity contribution in [1.29, 1.82) is 0 Å². The summed E-state index contributed by atoms with van der Waals surface area (Å²) in [4.78, 5) is 56.6. The molecule has 2 aromatic rings. The Bertz CT molecular complexity index is 1400. The highest BCUT2D eigenvalue weighted by Gasteiger charge is 2.29. The maximum absolute atomic E-state index is 14.4. The number of allylic oxidation sites excluding steroid dienone is 1. The number of hydrogen-bond donors (Lipinski definition) is 0. The molecule has 224 valence electrons. The number of benzene rings is 2. The molecule has 3 rings (SSSR count).